The molecule has 0 aromatic heterocycles. The normalized spacial score (nSPS) is 34.1. The first-order valence-corrected chi connectivity index (χ1v) is 6.83. The van der Waals surface area contributed by atoms with E-state index in [0.29, 0.717) is 12.1 Å². The highest BCUT2D eigenvalue weighted by atomic mass is 15.3. The third-order valence-electron chi connectivity index (χ3n) is 4.76. The van der Waals surface area contributed by atoms with Crippen LogP contribution < -0.4 is 5.73 Å². The molecule has 0 unspecified atom stereocenters. The zero-order valence-electron chi connectivity index (χ0n) is 10.5. The monoisotopic (exact) mass is 230 g/mol. The molecule has 0 radical (unpaired) electrons. The van der Waals surface area contributed by atoms with Crippen LogP contribution in [-0.4, -0.2) is 23.5 Å². The standard InChI is InChI=1S/C15H22N2/c1-11(12-5-3-2-4-6-12)17-14-8-7-13(9-14)15(17)10-16/h2-6,11,13-15H,7-10,16H2,1H3/t11-,13+,14-,15-/m0/s1. The number of benzene rings is 1. The first kappa shape index (κ1) is 11.2. The molecule has 2 nitrogen and oxygen atoms in total. The quantitative estimate of drug-likeness (QED) is 0.864. The zero-order valence-corrected chi connectivity index (χ0v) is 10.5. The Morgan fingerprint density at radius 3 is 2.76 bits per heavy atom. The number of hydrogen-bond acceptors (Lipinski definition) is 2. The number of rotatable bonds is 3. The molecule has 2 heteroatoms. The van der Waals surface area contributed by atoms with Crippen LogP contribution in [0.1, 0.15) is 37.8 Å². The molecule has 2 bridgehead atoms. The average Bonchev–Trinajstić information content (AvgIpc) is 2.98. The van der Waals surface area contributed by atoms with Crippen molar-refractivity contribution < 1.29 is 0 Å². The van der Waals surface area contributed by atoms with Crippen LogP contribution in [0.15, 0.2) is 30.3 Å². The Morgan fingerprint density at radius 2 is 2.06 bits per heavy atom. The third-order valence-corrected chi connectivity index (χ3v) is 4.76. The van der Waals surface area contributed by atoms with Crippen LogP contribution in [0.3, 0.4) is 0 Å². The Morgan fingerprint density at radius 1 is 1.29 bits per heavy atom. The molecule has 1 saturated carbocycles. The molecular weight excluding hydrogens is 208 g/mol. The van der Waals surface area contributed by atoms with E-state index in [9.17, 15) is 0 Å². The SMILES string of the molecule is C[C@@H](c1ccccc1)N1[C@H]2CC[C@H](C2)[C@@H]1CN. The second-order valence-corrected chi connectivity index (χ2v) is 5.56. The molecule has 1 aromatic rings. The Bertz CT molecular complexity index is 376. The summed E-state index contributed by atoms with van der Waals surface area (Å²) in [6.07, 6.45) is 4.14. The van der Waals surface area contributed by atoms with Gasteiger partial charge in [-0.3, -0.25) is 4.90 Å². The molecule has 1 heterocycles. The van der Waals surface area contributed by atoms with Crippen molar-refractivity contribution in [3.63, 3.8) is 0 Å². The molecule has 0 spiro atoms. The van der Waals surface area contributed by atoms with Gasteiger partial charge in [-0.1, -0.05) is 30.3 Å². The minimum atomic E-state index is 0.514. The van der Waals surface area contributed by atoms with Gasteiger partial charge < -0.3 is 5.73 Å². The first-order valence-electron chi connectivity index (χ1n) is 6.83. The van der Waals surface area contributed by atoms with Gasteiger partial charge in [0.15, 0.2) is 0 Å². The van der Waals surface area contributed by atoms with E-state index in [-0.39, 0.29) is 0 Å². The molecule has 4 atom stereocenters. The van der Waals surface area contributed by atoms with Crippen molar-refractivity contribution in [2.24, 2.45) is 11.7 Å². The summed E-state index contributed by atoms with van der Waals surface area (Å²) in [5.74, 6) is 0.858. The molecule has 1 aliphatic carbocycles. The molecule has 2 fully saturated rings. The lowest BCUT2D eigenvalue weighted by molar-refractivity contribution is 0.0984. The van der Waals surface area contributed by atoms with Gasteiger partial charge in [0, 0.05) is 24.7 Å². The molecule has 1 saturated heterocycles. The van der Waals surface area contributed by atoms with Gasteiger partial charge in [0.2, 0.25) is 0 Å². The molecule has 2 N–H and O–H groups in total. The van der Waals surface area contributed by atoms with E-state index in [1.165, 1.54) is 24.8 Å². The highest BCUT2D eigenvalue weighted by Gasteiger charge is 2.46. The van der Waals surface area contributed by atoms with Crippen LogP contribution in [0.25, 0.3) is 0 Å². The highest BCUT2D eigenvalue weighted by Crippen LogP contribution is 2.45. The van der Waals surface area contributed by atoms with Gasteiger partial charge in [-0.2, -0.15) is 0 Å². The zero-order chi connectivity index (χ0) is 11.8. The Labute approximate surface area is 104 Å². The van der Waals surface area contributed by atoms with E-state index < -0.39 is 0 Å². The van der Waals surface area contributed by atoms with Gasteiger partial charge in [-0.05, 0) is 37.7 Å². The lowest BCUT2D eigenvalue weighted by atomic mass is 9.96. The highest BCUT2D eigenvalue weighted by molar-refractivity contribution is 5.20. The van der Waals surface area contributed by atoms with Crippen molar-refractivity contribution in [3.8, 4) is 0 Å². The van der Waals surface area contributed by atoms with Crippen LogP contribution in [0.2, 0.25) is 0 Å². The second kappa shape index (κ2) is 4.43. The predicted octanol–water partition coefficient (Wildman–Crippen LogP) is 2.56. The fourth-order valence-electron chi connectivity index (χ4n) is 3.95. The van der Waals surface area contributed by atoms with E-state index in [1.54, 1.807) is 0 Å². The van der Waals surface area contributed by atoms with Gasteiger partial charge >= 0.3 is 0 Å². The summed E-state index contributed by atoms with van der Waals surface area (Å²) in [6, 6.07) is 12.8. The van der Waals surface area contributed by atoms with Crippen molar-refractivity contribution >= 4 is 0 Å². The summed E-state index contributed by atoms with van der Waals surface area (Å²) in [6.45, 7) is 3.15. The maximum atomic E-state index is 5.98. The summed E-state index contributed by atoms with van der Waals surface area (Å²) in [7, 11) is 0. The number of nitrogens with two attached hydrogens (primary N) is 1. The number of fused-ring (bicyclic) bond motifs is 2. The molecule has 17 heavy (non-hydrogen) atoms. The smallest absolute Gasteiger partial charge is 0.0326 e. The number of piperidine rings is 1. The van der Waals surface area contributed by atoms with Crippen molar-refractivity contribution in [3.05, 3.63) is 35.9 Å². The van der Waals surface area contributed by atoms with E-state index in [4.69, 9.17) is 5.73 Å². The summed E-state index contributed by atoms with van der Waals surface area (Å²) in [5, 5.41) is 0. The van der Waals surface area contributed by atoms with Crippen LogP contribution >= 0.6 is 0 Å². The summed E-state index contributed by atoms with van der Waals surface area (Å²) < 4.78 is 0. The van der Waals surface area contributed by atoms with Crippen LogP contribution in [0.4, 0.5) is 0 Å². The van der Waals surface area contributed by atoms with Gasteiger partial charge in [0.05, 0.1) is 0 Å². The van der Waals surface area contributed by atoms with Crippen LogP contribution in [-0.2, 0) is 0 Å². The largest absolute Gasteiger partial charge is 0.329 e. The Balaban J connectivity index is 1.84. The molecule has 3 rings (SSSR count). The number of nitrogens with zero attached hydrogens (tertiary/aromatic N) is 1. The predicted molar refractivity (Wildman–Crippen MR) is 70.7 cm³/mol. The van der Waals surface area contributed by atoms with Crippen LogP contribution in [0, 0.1) is 5.92 Å². The van der Waals surface area contributed by atoms with Crippen molar-refractivity contribution in [2.75, 3.05) is 6.54 Å². The Hall–Kier alpha value is -0.860. The number of hydrogen-bond donors (Lipinski definition) is 1. The van der Waals surface area contributed by atoms with E-state index in [1.807, 2.05) is 0 Å². The molecule has 0 amide bonds. The van der Waals surface area contributed by atoms with Gasteiger partial charge in [0.25, 0.3) is 0 Å². The molecular formula is C15H22N2. The maximum absolute atomic E-state index is 5.98. The molecule has 1 aliphatic heterocycles. The van der Waals surface area contributed by atoms with Crippen molar-refractivity contribution in [1.82, 2.24) is 4.90 Å². The topological polar surface area (TPSA) is 29.3 Å². The lowest BCUT2D eigenvalue weighted by Gasteiger charge is -2.39. The van der Waals surface area contributed by atoms with E-state index >= 15 is 0 Å². The van der Waals surface area contributed by atoms with Gasteiger partial charge in [0.1, 0.15) is 0 Å². The summed E-state index contributed by atoms with van der Waals surface area (Å²) >= 11 is 0. The number of likely N-dealkylation sites (tertiary alicyclic amines) is 1. The Kier molecular flexibility index (Phi) is 2.93. The fourth-order valence-corrected chi connectivity index (χ4v) is 3.95. The van der Waals surface area contributed by atoms with Gasteiger partial charge in [-0.15, -0.1) is 0 Å². The fraction of sp³-hybridized carbons (Fsp3) is 0.600. The minimum Gasteiger partial charge on any atom is -0.329 e. The minimum absolute atomic E-state index is 0.514. The first-order chi connectivity index (χ1) is 8.31. The summed E-state index contributed by atoms with van der Waals surface area (Å²) in [4.78, 5) is 2.68. The molecule has 2 aliphatic rings. The third kappa shape index (κ3) is 1.80. The van der Waals surface area contributed by atoms with E-state index in [2.05, 4.69) is 42.2 Å². The van der Waals surface area contributed by atoms with E-state index in [0.717, 1.165) is 18.5 Å². The van der Waals surface area contributed by atoms with Crippen molar-refractivity contribution in [1.29, 1.82) is 0 Å². The van der Waals surface area contributed by atoms with Crippen LogP contribution in [0.5, 0.6) is 0 Å². The molecule has 1 aromatic carbocycles. The second-order valence-electron chi connectivity index (χ2n) is 5.56. The lowest BCUT2D eigenvalue weighted by Crippen LogP contribution is -2.46. The molecule has 92 valence electrons. The van der Waals surface area contributed by atoms with Gasteiger partial charge in [-0.25, -0.2) is 0 Å². The van der Waals surface area contributed by atoms with Crippen molar-refractivity contribution in [2.45, 2.75) is 44.3 Å². The summed E-state index contributed by atoms with van der Waals surface area (Å²) in [5.41, 5.74) is 7.41. The maximum Gasteiger partial charge on any atom is 0.0326 e. The average molecular weight is 230 g/mol.